The molecule has 0 radical (unpaired) electrons. The van der Waals surface area contributed by atoms with Gasteiger partial charge >= 0.3 is 5.97 Å². The molecule has 19 heavy (non-hydrogen) atoms. The van der Waals surface area contributed by atoms with Crippen molar-refractivity contribution in [3.63, 3.8) is 0 Å². The molecule has 6 heteroatoms. The van der Waals surface area contributed by atoms with Crippen molar-refractivity contribution in [3.8, 4) is 0 Å². The number of aromatic nitrogens is 1. The summed E-state index contributed by atoms with van der Waals surface area (Å²) in [5.41, 5.74) is -0.639. The standard InChI is InChI=1S/C13H17FN2O3/c1-13(2)7-8(4-6-19-13)16-11-10(14)9(12(17)18)3-5-15-11/h3,5,8H,4,6-7H2,1-2H3,(H,15,16)(H,17,18). The second kappa shape index (κ2) is 5.13. The number of carboxylic acids is 1. The Hall–Kier alpha value is -1.69. The quantitative estimate of drug-likeness (QED) is 0.880. The zero-order chi connectivity index (χ0) is 14.0. The zero-order valence-electron chi connectivity index (χ0n) is 10.9. The average molecular weight is 268 g/mol. The van der Waals surface area contributed by atoms with Crippen LogP contribution in [0, 0.1) is 5.82 Å². The topological polar surface area (TPSA) is 71.5 Å². The highest BCUT2D eigenvalue weighted by Crippen LogP contribution is 2.27. The Morgan fingerprint density at radius 3 is 3.00 bits per heavy atom. The fourth-order valence-corrected chi connectivity index (χ4v) is 2.26. The number of carbonyl (C=O) groups is 1. The number of pyridine rings is 1. The number of nitrogens with one attached hydrogen (secondary N) is 1. The van der Waals surface area contributed by atoms with Crippen LogP contribution < -0.4 is 5.32 Å². The molecule has 1 aliphatic rings. The molecule has 2 rings (SSSR count). The molecule has 1 aromatic rings. The fourth-order valence-electron chi connectivity index (χ4n) is 2.26. The fraction of sp³-hybridized carbons (Fsp3) is 0.538. The van der Waals surface area contributed by atoms with Crippen molar-refractivity contribution in [2.45, 2.75) is 38.3 Å². The van der Waals surface area contributed by atoms with Gasteiger partial charge in [0, 0.05) is 18.8 Å². The van der Waals surface area contributed by atoms with Gasteiger partial charge in [0.1, 0.15) is 5.56 Å². The van der Waals surface area contributed by atoms with Gasteiger partial charge in [-0.1, -0.05) is 0 Å². The van der Waals surface area contributed by atoms with Crippen molar-refractivity contribution in [1.82, 2.24) is 4.98 Å². The molecule has 1 unspecified atom stereocenters. The predicted molar refractivity (Wildman–Crippen MR) is 67.8 cm³/mol. The normalized spacial score (nSPS) is 21.9. The van der Waals surface area contributed by atoms with Gasteiger partial charge in [-0.3, -0.25) is 0 Å². The van der Waals surface area contributed by atoms with E-state index in [0.29, 0.717) is 13.0 Å². The summed E-state index contributed by atoms with van der Waals surface area (Å²) in [6, 6.07) is 1.17. The molecule has 2 N–H and O–H groups in total. The highest BCUT2D eigenvalue weighted by atomic mass is 19.1. The lowest BCUT2D eigenvalue weighted by molar-refractivity contribution is -0.0554. The Labute approximate surface area is 110 Å². The lowest BCUT2D eigenvalue weighted by atomic mass is 9.94. The van der Waals surface area contributed by atoms with Crippen molar-refractivity contribution in [1.29, 1.82) is 0 Å². The van der Waals surface area contributed by atoms with Crippen LogP contribution in [0.15, 0.2) is 12.3 Å². The van der Waals surface area contributed by atoms with Gasteiger partial charge in [-0.2, -0.15) is 0 Å². The first-order valence-corrected chi connectivity index (χ1v) is 6.17. The molecule has 1 aromatic heterocycles. The highest BCUT2D eigenvalue weighted by Gasteiger charge is 2.29. The number of nitrogens with zero attached hydrogens (tertiary/aromatic N) is 1. The lowest BCUT2D eigenvalue weighted by Gasteiger charge is -2.36. The van der Waals surface area contributed by atoms with Gasteiger partial charge in [0.05, 0.1) is 5.60 Å². The third kappa shape index (κ3) is 3.20. The first kappa shape index (κ1) is 13.7. The number of hydrogen-bond acceptors (Lipinski definition) is 4. The highest BCUT2D eigenvalue weighted by molar-refractivity contribution is 5.88. The van der Waals surface area contributed by atoms with Crippen LogP contribution >= 0.6 is 0 Å². The minimum absolute atomic E-state index is 0.0115. The first-order chi connectivity index (χ1) is 8.89. The summed E-state index contributed by atoms with van der Waals surface area (Å²) in [7, 11) is 0. The summed E-state index contributed by atoms with van der Waals surface area (Å²) < 4.78 is 19.5. The van der Waals surface area contributed by atoms with E-state index in [4.69, 9.17) is 9.84 Å². The number of halogens is 1. The van der Waals surface area contributed by atoms with Crippen LogP contribution in [0.2, 0.25) is 0 Å². The molecular weight excluding hydrogens is 251 g/mol. The van der Waals surface area contributed by atoms with Crippen molar-refractivity contribution in [2.75, 3.05) is 11.9 Å². The van der Waals surface area contributed by atoms with E-state index in [1.54, 1.807) is 0 Å². The van der Waals surface area contributed by atoms with E-state index in [2.05, 4.69) is 10.3 Å². The largest absolute Gasteiger partial charge is 0.478 e. The van der Waals surface area contributed by atoms with Gasteiger partial charge < -0.3 is 15.2 Å². The Kier molecular flexibility index (Phi) is 3.71. The van der Waals surface area contributed by atoms with E-state index in [1.807, 2.05) is 13.8 Å². The summed E-state index contributed by atoms with van der Waals surface area (Å²) in [5, 5.41) is 11.8. The molecular formula is C13H17FN2O3. The molecule has 1 atom stereocenters. The third-order valence-electron chi connectivity index (χ3n) is 3.16. The first-order valence-electron chi connectivity index (χ1n) is 6.17. The van der Waals surface area contributed by atoms with Crippen LogP contribution in [-0.4, -0.2) is 34.3 Å². The van der Waals surface area contributed by atoms with E-state index in [-0.39, 0.29) is 23.0 Å². The molecule has 2 heterocycles. The second-order valence-electron chi connectivity index (χ2n) is 5.27. The Bertz CT molecular complexity index is 491. The van der Waals surface area contributed by atoms with E-state index in [0.717, 1.165) is 12.5 Å². The number of rotatable bonds is 3. The summed E-state index contributed by atoms with van der Waals surface area (Å²) in [6.07, 6.45) is 2.74. The predicted octanol–water partition coefficient (Wildman–Crippen LogP) is 2.29. The van der Waals surface area contributed by atoms with Gasteiger partial charge in [0.15, 0.2) is 11.6 Å². The summed E-state index contributed by atoms with van der Waals surface area (Å²) in [6.45, 7) is 4.53. The van der Waals surface area contributed by atoms with E-state index >= 15 is 0 Å². The van der Waals surface area contributed by atoms with Gasteiger partial charge in [0.2, 0.25) is 0 Å². The maximum atomic E-state index is 13.9. The molecule has 0 bridgehead atoms. The SMILES string of the molecule is CC1(C)CC(Nc2nccc(C(=O)O)c2F)CCO1. The molecule has 1 fully saturated rings. The number of carboxylic acid groups (broad SMARTS) is 1. The molecule has 0 aliphatic carbocycles. The van der Waals surface area contributed by atoms with Crippen molar-refractivity contribution < 1.29 is 19.0 Å². The molecule has 1 saturated heterocycles. The third-order valence-corrected chi connectivity index (χ3v) is 3.16. The number of aromatic carboxylic acids is 1. The van der Waals surface area contributed by atoms with E-state index < -0.39 is 11.8 Å². The van der Waals surface area contributed by atoms with Crippen molar-refractivity contribution in [3.05, 3.63) is 23.6 Å². The lowest BCUT2D eigenvalue weighted by Crippen LogP contribution is -2.40. The van der Waals surface area contributed by atoms with Crippen LogP contribution in [0.1, 0.15) is 37.0 Å². The van der Waals surface area contributed by atoms with Crippen LogP contribution in [0.25, 0.3) is 0 Å². The Morgan fingerprint density at radius 1 is 1.63 bits per heavy atom. The van der Waals surface area contributed by atoms with Gasteiger partial charge in [0.25, 0.3) is 0 Å². The molecule has 104 valence electrons. The monoisotopic (exact) mass is 268 g/mol. The Morgan fingerprint density at radius 2 is 2.37 bits per heavy atom. The molecule has 0 aromatic carbocycles. The molecule has 1 aliphatic heterocycles. The molecule has 5 nitrogen and oxygen atoms in total. The maximum Gasteiger partial charge on any atom is 0.338 e. The van der Waals surface area contributed by atoms with E-state index in [1.165, 1.54) is 6.20 Å². The van der Waals surface area contributed by atoms with Crippen LogP contribution in [0.5, 0.6) is 0 Å². The second-order valence-corrected chi connectivity index (χ2v) is 5.27. The summed E-state index contributed by atoms with van der Waals surface area (Å²) in [5.74, 6) is -2.13. The molecule has 0 spiro atoms. The number of anilines is 1. The maximum absolute atomic E-state index is 13.9. The molecule has 0 saturated carbocycles. The van der Waals surface area contributed by atoms with Gasteiger partial charge in [-0.15, -0.1) is 0 Å². The van der Waals surface area contributed by atoms with Gasteiger partial charge in [-0.25, -0.2) is 14.2 Å². The summed E-state index contributed by atoms with van der Waals surface area (Å²) >= 11 is 0. The molecule has 0 amide bonds. The minimum atomic E-state index is -1.30. The number of hydrogen-bond donors (Lipinski definition) is 2. The van der Waals surface area contributed by atoms with Crippen LogP contribution in [-0.2, 0) is 4.74 Å². The van der Waals surface area contributed by atoms with E-state index in [9.17, 15) is 9.18 Å². The van der Waals surface area contributed by atoms with Crippen LogP contribution in [0.4, 0.5) is 10.2 Å². The average Bonchev–Trinajstić information content (AvgIpc) is 2.30. The minimum Gasteiger partial charge on any atom is -0.478 e. The van der Waals surface area contributed by atoms with Crippen molar-refractivity contribution in [2.24, 2.45) is 0 Å². The smallest absolute Gasteiger partial charge is 0.338 e. The Balaban J connectivity index is 2.15. The zero-order valence-corrected chi connectivity index (χ0v) is 10.9. The van der Waals surface area contributed by atoms with Gasteiger partial charge in [-0.05, 0) is 32.8 Å². The van der Waals surface area contributed by atoms with Crippen molar-refractivity contribution >= 4 is 11.8 Å². The van der Waals surface area contributed by atoms with Crippen LogP contribution in [0.3, 0.4) is 0 Å². The summed E-state index contributed by atoms with van der Waals surface area (Å²) in [4.78, 5) is 14.7. The number of ether oxygens (including phenoxy) is 1.